The zero-order chi connectivity index (χ0) is 11.2. The molecule has 0 atom stereocenters. The molecule has 0 radical (unpaired) electrons. The highest BCUT2D eigenvalue weighted by Crippen LogP contribution is 2.15. The lowest BCUT2D eigenvalue weighted by Gasteiger charge is -2.27. The third-order valence-corrected chi connectivity index (χ3v) is 2.47. The van der Waals surface area contributed by atoms with Gasteiger partial charge in [0.25, 0.3) is 0 Å². The van der Waals surface area contributed by atoms with E-state index < -0.39 is 11.5 Å². The zero-order valence-electron chi connectivity index (χ0n) is 9.09. The molecule has 0 heterocycles. The summed E-state index contributed by atoms with van der Waals surface area (Å²) in [4.78, 5) is 22.3. The van der Waals surface area contributed by atoms with Crippen molar-refractivity contribution in [2.75, 3.05) is 0 Å². The molecule has 0 aliphatic rings. The minimum Gasteiger partial charge on any atom is -0.480 e. The van der Waals surface area contributed by atoms with E-state index in [1.54, 1.807) is 13.8 Å². The van der Waals surface area contributed by atoms with Crippen LogP contribution in [-0.4, -0.2) is 22.5 Å². The summed E-state index contributed by atoms with van der Waals surface area (Å²) in [6.07, 6.45) is 1.94. The second-order valence-corrected chi connectivity index (χ2v) is 3.39. The van der Waals surface area contributed by atoms with Crippen LogP contribution in [0.15, 0.2) is 0 Å². The van der Waals surface area contributed by atoms with Gasteiger partial charge in [-0.3, -0.25) is 4.79 Å². The Labute approximate surface area is 84.7 Å². The Morgan fingerprint density at radius 3 is 2.00 bits per heavy atom. The molecule has 0 aromatic rings. The predicted molar refractivity (Wildman–Crippen MR) is 54.0 cm³/mol. The van der Waals surface area contributed by atoms with Crippen molar-refractivity contribution in [3.05, 3.63) is 0 Å². The van der Waals surface area contributed by atoms with Crippen molar-refractivity contribution in [3.8, 4) is 0 Å². The second kappa shape index (κ2) is 5.62. The monoisotopic (exact) mass is 201 g/mol. The number of carboxylic acid groups (broad SMARTS) is 1. The van der Waals surface area contributed by atoms with Gasteiger partial charge in [0.05, 0.1) is 0 Å². The number of hydrogen-bond donors (Lipinski definition) is 2. The molecule has 4 heteroatoms. The topological polar surface area (TPSA) is 66.4 Å². The first-order chi connectivity index (χ1) is 6.52. The van der Waals surface area contributed by atoms with E-state index in [-0.39, 0.29) is 5.91 Å². The Morgan fingerprint density at radius 1 is 1.21 bits per heavy atom. The van der Waals surface area contributed by atoms with Crippen molar-refractivity contribution in [2.45, 2.75) is 52.0 Å². The van der Waals surface area contributed by atoms with Crippen molar-refractivity contribution in [2.24, 2.45) is 0 Å². The van der Waals surface area contributed by atoms with E-state index in [0.29, 0.717) is 19.3 Å². The van der Waals surface area contributed by atoms with Crippen molar-refractivity contribution >= 4 is 11.9 Å². The van der Waals surface area contributed by atoms with Crippen molar-refractivity contribution < 1.29 is 14.7 Å². The summed E-state index contributed by atoms with van der Waals surface area (Å²) in [6, 6.07) is 0. The third kappa shape index (κ3) is 3.01. The SMILES string of the molecule is CCCC(=O)NC(CC)(CC)C(=O)O. The van der Waals surface area contributed by atoms with Crippen LogP contribution in [0.4, 0.5) is 0 Å². The van der Waals surface area contributed by atoms with E-state index in [0.717, 1.165) is 6.42 Å². The van der Waals surface area contributed by atoms with Crippen LogP contribution >= 0.6 is 0 Å². The van der Waals surface area contributed by atoms with E-state index in [1.165, 1.54) is 0 Å². The molecule has 0 bridgehead atoms. The number of nitrogens with one attached hydrogen (secondary N) is 1. The molecule has 0 saturated heterocycles. The van der Waals surface area contributed by atoms with E-state index in [2.05, 4.69) is 5.32 Å². The zero-order valence-corrected chi connectivity index (χ0v) is 9.09. The molecule has 2 N–H and O–H groups in total. The van der Waals surface area contributed by atoms with E-state index >= 15 is 0 Å². The Kier molecular flexibility index (Phi) is 5.20. The van der Waals surface area contributed by atoms with E-state index in [1.807, 2.05) is 6.92 Å². The molecular formula is C10H19NO3. The number of aliphatic carboxylic acids is 1. The lowest BCUT2D eigenvalue weighted by atomic mass is 9.92. The fourth-order valence-electron chi connectivity index (χ4n) is 1.34. The average Bonchev–Trinajstić information content (AvgIpc) is 2.14. The van der Waals surface area contributed by atoms with Gasteiger partial charge in [0.1, 0.15) is 5.54 Å². The summed E-state index contributed by atoms with van der Waals surface area (Å²) in [5.41, 5.74) is -1.08. The maximum atomic E-state index is 11.3. The van der Waals surface area contributed by atoms with Gasteiger partial charge in [-0.25, -0.2) is 4.79 Å². The van der Waals surface area contributed by atoms with Gasteiger partial charge in [0, 0.05) is 6.42 Å². The highest BCUT2D eigenvalue weighted by Gasteiger charge is 2.35. The first kappa shape index (κ1) is 12.9. The fraction of sp³-hybridized carbons (Fsp3) is 0.800. The summed E-state index contributed by atoms with van der Waals surface area (Å²) in [7, 11) is 0. The Morgan fingerprint density at radius 2 is 1.71 bits per heavy atom. The number of carboxylic acids is 1. The molecule has 4 nitrogen and oxygen atoms in total. The molecule has 0 aromatic heterocycles. The maximum absolute atomic E-state index is 11.3. The first-order valence-corrected chi connectivity index (χ1v) is 5.06. The van der Waals surface area contributed by atoms with Crippen LogP contribution in [0.3, 0.4) is 0 Å². The summed E-state index contributed by atoms with van der Waals surface area (Å²) in [6.45, 7) is 5.42. The van der Waals surface area contributed by atoms with Gasteiger partial charge in [-0.15, -0.1) is 0 Å². The molecule has 0 saturated carbocycles. The molecular weight excluding hydrogens is 182 g/mol. The summed E-state index contributed by atoms with van der Waals surface area (Å²) < 4.78 is 0. The summed E-state index contributed by atoms with van der Waals surface area (Å²) in [5.74, 6) is -1.13. The minimum atomic E-state index is -1.08. The lowest BCUT2D eigenvalue weighted by Crippen LogP contribution is -2.53. The highest BCUT2D eigenvalue weighted by molar-refractivity contribution is 5.86. The number of hydrogen-bond acceptors (Lipinski definition) is 2. The molecule has 0 rings (SSSR count). The van der Waals surface area contributed by atoms with Gasteiger partial charge in [-0.05, 0) is 19.3 Å². The normalized spacial score (nSPS) is 11.1. The molecule has 0 unspecified atom stereocenters. The van der Waals surface area contributed by atoms with Gasteiger partial charge in [-0.2, -0.15) is 0 Å². The maximum Gasteiger partial charge on any atom is 0.329 e. The van der Waals surface area contributed by atoms with Gasteiger partial charge >= 0.3 is 5.97 Å². The van der Waals surface area contributed by atoms with E-state index in [4.69, 9.17) is 5.11 Å². The Balaban J connectivity index is 4.51. The summed E-state index contributed by atoms with van der Waals surface area (Å²) >= 11 is 0. The number of carbonyl (C=O) groups excluding carboxylic acids is 1. The van der Waals surface area contributed by atoms with Crippen molar-refractivity contribution in [3.63, 3.8) is 0 Å². The average molecular weight is 201 g/mol. The summed E-state index contributed by atoms with van der Waals surface area (Å²) in [5, 5.41) is 11.6. The van der Waals surface area contributed by atoms with Crippen LogP contribution < -0.4 is 5.32 Å². The lowest BCUT2D eigenvalue weighted by molar-refractivity contribution is -0.148. The van der Waals surface area contributed by atoms with Crippen LogP contribution in [0.2, 0.25) is 0 Å². The fourth-order valence-corrected chi connectivity index (χ4v) is 1.34. The van der Waals surface area contributed by atoms with Crippen LogP contribution in [0.5, 0.6) is 0 Å². The third-order valence-electron chi connectivity index (χ3n) is 2.47. The number of amides is 1. The van der Waals surface area contributed by atoms with Crippen molar-refractivity contribution in [1.29, 1.82) is 0 Å². The van der Waals surface area contributed by atoms with Crippen LogP contribution in [0.25, 0.3) is 0 Å². The van der Waals surface area contributed by atoms with Gasteiger partial charge in [0.15, 0.2) is 0 Å². The number of carbonyl (C=O) groups is 2. The largest absolute Gasteiger partial charge is 0.480 e. The molecule has 0 aliphatic carbocycles. The van der Waals surface area contributed by atoms with E-state index in [9.17, 15) is 9.59 Å². The molecule has 0 aliphatic heterocycles. The predicted octanol–water partition coefficient (Wildman–Crippen LogP) is 1.55. The Hall–Kier alpha value is -1.06. The second-order valence-electron chi connectivity index (χ2n) is 3.39. The minimum absolute atomic E-state index is 0.182. The molecule has 14 heavy (non-hydrogen) atoms. The van der Waals surface area contributed by atoms with Crippen molar-refractivity contribution in [1.82, 2.24) is 5.32 Å². The molecule has 0 aromatic carbocycles. The first-order valence-electron chi connectivity index (χ1n) is 5.06. The van der Waals surface area contributed by atoms with Gasteiger partial charge in [0.2, 0.25) is 5.91 Å². The molecule has 82 valence electrons. The molecule has 0 spiro atoms. The smallest absolute Gasteiger partial charge is 0.329 e. The quantitative estimate of drug-likeness (QED) is 0.685. The highest BCUT2D eigenvalue weighted by atomic mass is 16.4. The number of rotatable bonds is 6. The Bertz CT molecular complexity index is 209. The standard InChI is InChI=1S/C10H19NO3/c1-4-7-8(12)11-10(5-2,6-3)9(13)14/h4-7H2,1-3H3,(H,11,12)(H,13,14). The van der Waals surface area contributed by atoms with Gasteiger partial charge in [-0.1, -0.05) is 20.8 Å². The van der Waals surface area contributed by atoms with Crippen LogP contribution in [0.1, 0.15) is 46.5 Å². The van der Waals surface area contributed by atoms with Crippen LogP contribution in [-0.2, 0) is 9.59 Å². The molecule has 0 fully saturated rings. The van der Waals surface area contributed by atoms with Gasteiger partial charge < -0.3 is 10.4 Å². The van der Waals surface area contributed by atoms with Crippen LogP contribution in [0, 0.1) is 0 Å². The molecule has 1 amide bonds.